The van der Waals surface area contributed by atoms with Crippen LogP contribution >= 0.6 is 11.6 Å². The maximum atomic E-state index is 12.5. The molecule has 9 nitrogen and oxygen atoms in total. The van der Waals surface area contributed by atoms with E-state index in [2.05, 4.69) is 15.4 Å². The molecule has 0 radical (unpaired) electrons. The van der Waals surface area contributed by atoms with Gasteiger partial charge in [-0.1, -0.05) is 11.6 Å². The lowest BCUT2D eigenvalue weighted by molar-refractivity contribution is -0.384. The molecule has 138 valence electrons. The third kappa shape index (κ3) is 3.87. The molecule has 0 saturated heterocycles. The number of carbonyl (C=O) groups excluding carboxylic acids is 1. The first-order valence-corrected chi connectivity index (χ1v) is 8.16. The van der Waals surface area contributed by atoms with Gasteiger partial charge in [0, 0.05) is 31.4 Å². The molecule has 1 heterocycles. The van der Waals surface area contributed by atoms with Crippen LogP contribution < -0.4 is 10.2 Å². The summed E-state index contributed by atoms with van der Waals surface area (Å²) in [5.41, 5.74) is 1.39. The van der Waals surface area contributed by atoms with Crippen LogP contribution in [0.1, 0.15) is 10.4 Å². The number of nitrogens with one attached hydrogen (secondary N) is 1. The van der Waals surface area contributed by atoms with E-state index in [0.29, 0.717) is 10.7 Å². The summed E-state index contributed by atoms with van der Waals surface area (Å²) >= 11 is 6.20. The summed E-state index contributed by atoms with van der Waals surface area (Å²) in [5.74, 6) is -0.489. The minimum Gasteiger partial charge on any atom is -0.376 e. The van der Waals surface area contributed by atoms with Crippen molar-refractivity contribution in [3.63, 3.8) is 0 Å². The van der Waals surface area contributed by atoms with E-state index in [1.165, 1.54) is 35.5 Å². The fourth-order valence-corrected chi connectivity index (χ4v) is 2.84. The first kappa shape index (κ1) is 18.3. The van der Waals surface area contributed by atoms with Crippen molar-refractivity contribution in [1.82, 2.24) is 14.8 Å². The summed E-state index contributed by atoms with van der Waals surface area (Å²) in [6.45, 7) is 0. The largest absolute Gasteiger partial charge is 0.376 e. The van der Waals surface area contributed by atoms with Gasteiger partial charge in [-0.3, -0.25) is 14.9 Å². The highest BCUT2D eigenvalue weighted by atomic mass is 35.5. The van der Waals surface area contributed by atoms with E-state index in [0.717, 1.165) is 5.69 Å². The number of rotatable bonds is 5. The van der Waals surface area contributed by atoms with Gasteiger partial charge in [-0.05, 0) is 30.3 Å². The summed E-state index contributed by atoms with van der Waals surface area (Å²) in [6, 6.07) is 9.22. The molecular formula is C17H15ClN6O3. The zero-order chi connectivity index (χ0) is 19.6. The smallest absolute Gasteiger partial charge is 0.295 e. The van der Waals surface area contributed by atoms with Gasteiger partial charge in [0.25, 0.3) is 11.6 Å². The van der Waals surface area contributed by atoms with Crippen LogP contribution in [0.4, 0.5) is 17.1 Å². The normalized spacial score (nSPS) is 10.5. The molecule has 1 N–H and O–H groups in total. The van der Waals surface area contributed by atoms with E-state index in [1.54, 1.807) is 18.2 Å². The number of amides is 1. The van der Waals surface area contributed by atoms with Gasteiger partial charge in [-0.15, -0.1) is 0 Å². The molecule has 0 saturated carbocycles. The van der Waals surface area contributed by atoms with E-state index < -0.39 is 10.8 Å². The molecule has 0 aliphatic rings. The number of carbonyl (C=O) groups is 1. The number of nitro benzene ring substituents is 1. The van der Waals surface area contributed by atoms with Gasteiger partial charge in [-0.25, -0.2) is 9.67 Å². The Morgan fingerprint density at radius 1 is 1.26 bits per heavy atom. The van der Waals surface area contributed by atoms with E-state index in [-0.39, 0.29) is 16.9 Å². The van der Waals surface area contributed by atoms with Gasteiger partial charge in [0.05, 0.1) is 15.6 Å². The molecule has 0 unspecified atom stereocenters. The number of benzene rings is 2. The van der Waals surface area contributed by atoms with Crippen molar-refractivity contribution in [2.24, 2.45) is 0 Å². The Balaban J connectivity index is 1.88. The molecule has 1 aromatic heterocycles. The molecule has 0 spiro atoms. The number of halogens is 1. The standard InChI is InChI=1S/C17H15ClN6O3/c1-22(2)14-6-4-12(8-13(14)18)21-17(25)11-3-5-15(16(7-11)24(26)27)23-10-19-9-20-23/h3-10H,1-2H3,(H,21,25). The molecule has 0 aliphatic carbocycles. The van der Waals surface area contributed by atoms with Crippen LogP contribution in [0.25, 0.3) is 5.69 Å². The van der Waals surface area contributed by atoms with Gasteiger partial charge in [-0.2, -0.15) is 5.10 Å². The van der Waals surface area contributed by atoms with Crippen LogP contribution in [-0.4, -0.2) is 39.7 Å². The lowest BCUT2D eigenvalue weighted by Gasteiger charge is -2.15. The summed E-state index contributed by atoms with van der Waals surface area (Å²) in [7, 11) is 3.71. The third-order valence-electron chi connectivity index (χ3n) is 3.79. The van der Waals surface area contributed by atoms with Crippen molar-refractivity contribution >= 4 is 34.6 Å². The van der Waals surface area contributed by atoms with Crippen LogP contribution in [0, 0.1) is 10.1 Å². The molecule has 3 rings (SSSR count). The molecule has 3 aromatic rings. The second kappa shape index (κ2) is 7.42. The summed E-state index contributed by atoms with van der Waals surface area (Å²) < 4.78 is 1.26. The zero-order valence-electron chi connectivity index (χ0n) is 14.5. The maximum absolute atomic E-state index is 12.5. The van der Waals surface area contributed by atoms with E-state index in [9.17, 15) is 14.9 Å². The number of hydrogen-bond acceptors (Lipinski definition) is 6. The first-order valence-electron chi connectivity index (χ1n) is 7.78. The minimum atomic E-state index is -0.573. The highest BCUT2D eigenvalue weighted by Gasteiger charge is 2.19. The molecular weight excluding hydrogens is 372 g/mol. The van der Waals surface area contributed by atoms with Crippen molar-refractivity contribution in [3.8, 4) is 5.69 Å². The monoisotopic (exact) mass is 386 g/mol. The molecule has 0 bridgehead atoms. The lowest BCUT2D eigenvalue weighted by Crippen LogP contribution is -2.14. The maximum Gasteiger partial charge on any atom is 0.295 e. The molecule has 1 amide bonds. The van der Waals surface area contributed by atoms with Crippen molar-refractivity contribution in [1.29, 1.82) is 0 Å². The van der Waals surface area contributed by atoms with Crippen molar-refractivity contribution in [2.75, 3.05) is 24.3 Å². The Labute approximate surface area is 159 Å². The highest BCUT2D eigenvalue weighted by molar-refractivity contribution is 6.33. The number of nitrogens with zero attached hydrogens (tertiary/aromatic N) is 5. The Bertz CT molecular complexity index is 1000. The van der Waals surface area contributed by atoms with Crippen LogP contribution in [-0.2, 0) is 0 Å². The minimum absolute atomic E-state index is 0.137. The Hall–Kier alpha value is -3.46. The average Bonchev–Trinajstić information content (AvgIpc) is 3.15. The first-order chi connectivity index (χ1) is 12.9. The summed E-state index contributed by atoms with van der Waals surface area (Å²) in [5, 5.41) is 18.4. The van der Waals surface area contributed by atoms with Crippen molar-refractivity contribution in [3.05, 3.63) is 69.8 Å². The molecule has 0 aliphatic heterocycles. The van der Waals surface area contributed by atoms with Crippen molar-refractivity contribution < 1.29 is 9.72 Å². The van der Waals surface area contributed by atoms with Crippen LogP contribution in [0.2, 0.25) is 5.02 Å². The number of anilines is 2. The molecule has 27 heavy (non-hydrogen) atoms. The zero-order valence-corrected chi connectivity index (χ0v) is 15.2. The van der Waals surface area contributed by atoms with E-state index in [4.69, 9.17) is 11.6 Å². The second-order valence-electron chi connectivity index (χ2n) is 5.82. The highest BCUT2D eigenvalue weighted by Crippen LogP contribution is 2.28. The predicted molar refractivity (Wildman–Crippen MR) is 102 cm³/mol. The van der Waals surface area contributed by atoms with Crippen molar-refractivity contribution in [2.45, 2.75) is 0 Å². The van der Waals surface area contributed by atoms with Crippen LogP contribution in [0.3, 0.4) is 0 Å². The average molecular weight is 387 g/mol. The Kier molecular flexibility index (Phi) is 5.04. The van der Waals surface area contributed by atoms with Gasteiger partial charge in [0.1, 0.15) is 18.3 Å². The van der Waals surface area contributed by atoms with Gasteiger partial charge in [0.15, 0.2) is 0 Å². The van der Waals surface area contributed by atoms with E-state index >= 15 is 0 Å². The Morgan fingerprint density at radius 3 is 2.63 bits per heavy atom. The SMILES string of the molecule is CN(C)c1ccc(NC(=O)c2ccc(-n3cncn3)c([N+](=O)[O-])c2)cc1Cl. The topological polar surface area (TPSA) is 106 Å². The molecule has 2 aromatic carbocycles. The number of aromatic nitrogens is 3. The van der Waals surface area contributed by atoms with Gasteiger partial charge >= 0.3 is 0 Å². The van der Waals surface area contributed by atoms with E-state index in [1.807, 2.05) is 19.0 Å². The van der Waals surface area contributed by atoms with Gasteiger partial charge in [0.2, 0.25) is 0 Å². The summed E-state index contributed by atoms with van der Waals surface area (Å²) in [6.07, 6.45) is 2.61. The lowest BCUT2D eigenvalue weighted by atomic mass is 10.1. The molecule has 10 heteroatoms. The molecule has 0 fully saturated rings. The second-order valence-corrected chi connectivity index (χ2v) is 6.22. The van der Waals surface area contributed by atoms with Crippen LogP contribution in [0.15, 0.2) is 49.1 Å². The quantitative estimate of drug-likeness (QED) is 0.533. The third-order valence-corrected chi connectivity index (χ3v) is 4.09. The molecule has 0 atom stereocenters. The van der Waals surface area contributed by atoms with Crippen LogP contribution in [0.5, 0.6) is 0 Å². The fraction of sp³-hybridized carbons (Fsp3) is 0.118. The van der Waals surface area contributed by atoms with Gasteiger partial charge < -0.3 is 10.2 Å². The number of hydrogen-bond donors (Lipinski definition) is 1. The predicted octanol–water partition coefficient (Wildman–Crippen LogP) is 3.15. The Morgan fingerprint density at radius 2 is 2.04 bits per heavy atom. The number of nitro groups is 1. The summed E-state index contributed by atoms with van der Waals surface area (Å²) in [4.78, 5) is 28.9. The fourth-order valence-electron chi connectivity index (χ4n) is 2.49.